The normalized spacial score (nSPS) is 10.8. The molecule has 0 atom stereocenters. The Hall–Kier alpha value is -2.89. The molecule has 2 N–H and O–H groups in total. The van der Waals surface area contributed by atoms with Crippen molar-refractivity contribution in [2.75, 3.05) is 19.0 Å². The SMILES string of the molecule is CN(C)c1ccc2[nH]c(-c3ccc(C(=O)O)cc3)nc2n1. The van der Waals surface area contributed by atoms with E-state index in [1.165, 1.54) is 0 Å². The van der Waals surface area contributed by atoms with Gasteiger partial charge in [-0.15, -0.1) is 0 Å². The minimum atomic E-state index is -0.941. The molecule has 1 aromatic carbocycles. The molecule has 6 nitrogen and oxygen atoms in total. The molecule has 106 valence electrons. The van der Waals surface area contributed by atoms with E-state index in [1.807, 2.05) is 31.1 Å². The Labute approximate surface area is 121 Å². The molecule has 0 spiro atoms. The number of benzene rings is 1. The Morgan fingerprint density at radius 2 is 1.81 bits per heavy atom. The van der Waals surface area contributed by atoms with Crippen LogP contribution >= 0.6 is 0 Å². The number of hydrogen-bond acceptors (Lipinski definition) is 4. The highest BCUT2D eigenvalue weighted by molar-refractivity contribution is 5.88. The Bertz CT molecular complexity index is 806. The summed E-state index contributed by atoms with van der Waals surface area (Å²) in [4.78, 5) is 24.9. The quantitative estimate of drug-likeness (QED) is 0.770. The number of aromatic carboxylic acids is 1. The maximum absolute atomic E-state index is 10.9. The van der Waals surface area contributed by atoms with Crippen molar-refractivity contribution in [2.45, 2.75) is 0 Å². The van der Waals surface area contributed by atoms with Crippen molar-refractivity contribution in [3.63, 3.8) is 0 Å². The molecule has 6 heteroatoms. The second kappa shape index (κ2) is 4.90. The van der Waals surface area contributed by atoms with Crippen LogP contribution in [0.5, 0.6) is 0 Å². The number of anilines is 1. The number of imidazole rings is 1. The van der Waals surface area contributed by atoms with Gasteiger partial charge in [-0.3, -0.25) is 0 Å². The second-order valence-corrected chi connectivity index (χ2v) is 4.90. The van der Waals surface area contributed by atoms with Crippen LogP contribution in [0.4, 0.5) is 5.82 Å². The predicted octanol–water partition coefficient (Wildman–Crippen LogP) is 2.39. The lowest BCUT2D eigenvalue weighted by atomic mass is 10.1. The molecule has 3 aromatic rings. The number of nitrogens with zero attached hydrogens (tertiary/aromatic N) is 3. The summed E-state index contributed by atoms with van der Waals surface area (Å²) >= 11 is 0. The van der Waals surface area contributed by atoms with Gasteiger partial charge in [-0.2, -0.15) is 0 Å². The number of carboxylic acid groups (broad SMARTS) is 1. The summed E-state index contributed by atoms with van der Waals surface area (Å²) in [6.45, 7) is 0. The molecule has 0 aliphatic rings. The van der Waals surface area contributed by atoms with Gasteiger partial charge in [0.25, 0.3) is 0 Å². The first-order chi connectivity index (χ1) is 10.0. The van der Waals surface area contributed by atoms with Gasteiger partial charge in [0.15, 0.2) is 5.65 Å². The predicted molar refractivity (Wildman–Crippen MR) is 80.6 cm³/mol. The van der Waals surface area contributed by atoms with Gasteiger partial charge in [0, 0.05) is 19.7 Å². The third-order valence-electron chi connectivity index (χ3n) is 3.19. The Balaban J connectivity index is 2.02. The molecule has 0 saturated carbocycles. The smallest absolute Gasteiger partial charge is 0.335 e. The summed E-state index contributed by atoms with van der Waals surface area (Å²) in [7, 11) is 3.85. The van der Waals surface area contributed by atoms with E-state index < -0.39 is 5.97 Å². The lowest BCUT2D eigenvalue weighted by molar-refractivity contribution is 0.0697. The Morgan fingerprint density at radius 1 is 1.10 bits per heavy atom. The molecule has 0 amide bonds. The number of fused-ring (bicyclic) bond motifs is 1. The zero-order valence-corrected chi connectivity index (χ0v) is 11.7. The highest BCUT2D eigenvalue weighted by Crippen LogP contribution is 2.21. The van der Waals surface area contributed by atoms with E-state index in [2.05, 4.69) is 15.0 Å². The summed E-state index contributed by atoms with van der Waals surface area (Å²) in [5, 5.41) is 8.91. The molecule has 0 aliphatic carbocycles. The van der Waals surface area contributed by atoms with Crippen LogP contribution < -0.4 is 4.90 Å². The van der Waals surface area contributed by atoms with Crippen molar-refractivity contribution < 1.29 is 9.90 Å². The topological polar surface area (TPSA) is 82.1 Å². The zero-order chi connectivity index (χ0) is 15.0. The molecule has 3 rings (SSSR count). The molecule has 0 bridgehead atoms. The van der Waals surface area contributed by atoms with E-state index in [0.29, 0.717) is 11.5 Å². The number of rotatable bonds is 3. The minimum Gasteiger partial charge on any atom is -0.478 e. The third-order valence-corrected chi connectivity index (χ3v) is 3.19. The third kappa shape index (κ3) is 2.43. The number of nitrogens with one attached hydrogen (secondary N) is 1. The van der Waals surface area contributed by atoms with Gasteiger partial charge in [-0.1, -0.05) is 12.1 Å². The van der Waals surface area contributed by atoms with Crippen molar-refractivity contribution in [2.24, 2.45) is 0 Å². The van der Waals surface area contributed by atoms with E-state index in [0.717, 1.165) is 16.9 Å². The van der Waals surface area contributed by atoms with Gasteiger partial charge in [0.05, 0.1) is 11.1 Å². The molecule has 0 radical (unpaired) electrons. The largest absolute Gasteiger partial charge is 0.478 e. The van der Waals surface area contributed by atoms with E-state index >= 15 is 0 Å². The van der Waals surface area contributed by atoms with Crippen LogP contribution in [0.15, 0.2) is 36.4 Å². The summed E-state index contributed by atoms with van der Waals surface area (Å²) in [5.74, 6) is 0.565. The van der Waals surface area contributed by atoms with Crippen molar-refractivity contribution in [3.05, 3.63) is 42.0 Å². The lowest BCUT2D eigenvalue weighted by Gasteiger charge is -2.09. The van der Waals surface area contributed by atoms with Crippen LogP contribution in [0.25, 0.3) is 22.6 Å². The van der Waals surface area contributed by atoms with Crippen molar-refractivity contribution in [1.82, 2.24) is 15.0 Å². The number of pyridine rings is 1. The van der Waals surface area contributed by atoms with E-state index in [4.69, 9.17) is 5.11 Å². The second-order valence-electron chi connectivity index (χ2n) is 4.90. The van der Waals surface area contributed by atoms with Gasteiger partial charge < -0.3 is 15.0 Å². The van der Waals surface area contributed by atoms with Crippen LogP contribution in [0, 0.1) is 0 Å². The van der Waals surface area contributed by atoms with Crippen molar-refractivity contribution in [1.29, 1.82) is 0 Å². The molecule has 0 fully saturated rings. The van der Waals surface area contributed by atoms with Gasteiger partial charge in [0.2, 0.25) is 0 Å². The van der Waals surface area contributed by atoms with E-state index in [9.17, 15) is 4.79 Å². The van der Waals surface area contributed by atoms with Crippen LogP contribution in [0.3, 0.4) is 0 Å². The van der Waals surface area contributed by atoms with E-state index in [-0.39, 0.29) is 5.56 Å². The fourth-order valence-corrected chi connectivity index (χ4v) is 2.04. The standard InChI is InChI=1S/C15H14N4O2/c1-19(2)12-8-7-11-14(17-12)18-13(16-11)9-3-5-10(6-4-9)15(20)21/h3-8H,1-2H3,(H,20,21)(H,16,17,18). The molecular weight excluding hydrogens is 268 g/mol. The monoisotopic (exact) mass is 282 g/mol. The van der Waals surface area contributed by atoms with Crippen molar-refractivity contribution >= 4 is 23.0 Å². The van der Waals surface area contributed by atoms with Gasteiger partial charge >= 0.3 is 5.97 Å². The summed E-state index contributed by atoms with van der Waals surface area (Å²) < 4.78 is 0. The molecule has 2 heterocycles. The number of hydrogen-bond donors (Lipinski definition) is 2. The number of aromatic nitrogens is 3. The van der Waals surface area contributed by atoms with Gasteiger partial charge in [-0.05, 0) is 24.3 Å². The fourth-order valence-electron chi connectivity index (χ4n) is 2.04. The zero-order valence-electron chi connectivity index (χ0n) is 11.7. The number of carboxylic acids is 1. The summed E-state index contributed by atoms with van der Waals surface area (Å²) in [5.41, 5.74) is 2.56. The minimum absolute atomic E-state index is 0.253. The van der Waals surface area contributed by atoms with Crippen LogP contribution in [0.2, 0.25) is 0 Å². The van der Waals surface area contributed by atoms with Gasteiger partial charge in [0.1, 0.15) is 11.6 Å². The first kappa shape index (κ1) is 13.1. The maximum Gasteiger partial charge on any atom is 0.335 e. The van der Waals surface area contributed by atoms with Crippen molar-refractivity contribution in [3.8, 4) is 11.4 Å². The fraction of sp³-hybridized carbons (Fsp3) is 0.133. The average Bonchev–Trinajstić information content (AvgIpc) is 2.90. The molecular formula is C15H14N4O2. The molecule has 0 aliphatic heterocycles. The van der Waals surface area contributed by atoms with Crippen LogP contribution in [0.1, 0.15) is 10.4 Å². The number of carbonyl (C=O) groups is 1. The summed E-state index contributed by atoms with van der Waals surface area (Å²) in [6, 6.07) is 10.4. The highest BCUT2D eigenvalue weighted by Gasteiger charge is 2.09. The molecule has 0 unspecified atom stereocenters. The molecule has 2 aromatic heterocycles. The average molecular weight is 282 g/mol. The Kier molecular flexibility index (Phi) is 3.06. The number of aromatic amines is 1. The molecule has 0 saturated heterocycles. The van der Waals surface area contributed by atoms with Gasteiger partial charge in [-0.25, -0.2) is 14.8 Å². The number of H-pyrrole nitrogens is 1. The Morgan fingerprint density at radius 3 is 2.43 bits per heavy atom. The summed E-state index contributed by atoms with van der Waals surface area (Å²) in [6.07, 6.45) is 0. The van der Waals surface area contributed by atoms with E-state index in [1.54, 1.807) is 24.3 Å². The lowest BCUT2D eigenvalue weighted by Crippen LogP contribution is -2.10. The molecule has 21 heavy (non-hydrogen) atoms. The van der Waals surface area contributed by atoms with Crippen LogP contribution in [-0.4, -0.2) is 40.1 Å². The first-order valence-electron chi connectivity index (χ1n) is 6.42. The first-order valence-corrected chi connectivity index (χ1v) is 6.42. The maximum atomic E-state index is 10.9. The van der Waals surface area contributed by atoms with Crippen LogP contribution in [-0.2, 0) is 0 Å². The highest BCUT2D eigenvalue weighted by atomic mass is 16.4.